The number of aliphatic hydroxyl groups excluding tert-OH is 2. The molecule has 16 heavy (non-hydrogen) atoms. The summed E-state index contributed by atoms with van der Waals surface area (Å²) in [5.74, 6) is -0.326. The van der Waals surface area contributed by atoms with Gasteiger partial charge in [0.05, 0.1) is 11.7 Å². The highest BCUT2D eigenvalue weighted by Crippen LogP contribution is 2.24. The molecule has 3 N–H and O–H groups in total. The van der Waals surface area contributed by atoms with Gasteiger partial charge >= 0.3 is 0 Å². The molecule has 0 fully saturated rings. The quantitative estimate of drug-likeness (QED) is 0.468. The molecule has 4 nitrogen and oxygen atoms in total. The van der Waals surface area contributed by atoms with E-state index in [0.717, 1.165) is 0 Å². The van der Waals surface area contributed by atoms with Crippen LogP contribution in [0.3, 0.4) is 0 Å². The topological polar surface area (TPSA) is 77.8 Å². The Morgan fingerprint density at radius 1 is 1.44 bits per heavy atom. The summed E-state index contributed by atoms with van der Waals surface area (Å²) in [5.41, 5.74) is 0.507. The number of phenolic OH excluding ortho intramolecular Hbond substituents is 1. The van der Waals surface area contributed by atoms with E-state index in [1.54, 1.807) is 0 Å². The van der Waals surface area contributed by atoms with Gasteiger partial charge in [0.15, 0.2) is 5.78 Å². The number of benzene rings is 1. The molecule has 1 aromatic carbocycles. The van der Waals surface area contributed by atoms with Crippen LogP contribution in [0.15, 0.2) is 18.2 Å². The molecule has 0 saturated carbocycles. The molecule has 0 aromatic heterocycles. The number of phenols is 1. The lowest BCUT2D eigenvalue weighted by Crippen LogP contribution is -2.20. The summed E-state index contributed by atoms with van der Waals surface area (Å²) < 4.78 is 0. The number of hydrogen-bond acceptors (Lipinski definition) is 5. The van der Waals surface area contributed by atoms with E-state index < -0.39 is 12.2 Å². The van der Waals surface area contributed by atoms with Gasteiger partial charge in [-0.2, -0.15) is 12.6 Å². The number of rotatable bonds is 4. The second kappa shape index (κ2) is 5.34. The predicted molar refractivity (Wildman–Crippen MR) is 62.9 cm³/mol. The zero-order chi connectivity index (χ0) is 12.3. The molecule has 2 unspecified atom stereocenters. The molecule has 0 heterocycles. The fraction of sp³-hybridized carbons (Fsp3) is 0.364. The minimum absolute atomic E-state index is 0.109. The predicted octanol–water partition coefficient (Wildman–Crippen LogP) is 0.919. The Bertz CT molecular complexity index is 392. The van der Waals surface area contributed by atoms with Crippen molar-refractivity contribution in [1.82, 2.24) is 0 Å². The number of thiol groups is 1. The summed E-state index contributed by atoms with van der Waals surface area (Å²) >= 11 is 3.87. The van der Waals surface area contributed by atoms with Crippen LogP contribution in [0.2, 0.25) is 0 Å². The third-order valence-electron chi connectivity index (χ3n) is 2.29. The van der Waals surface area contributed by atoms with Crippen LogP contribution < -0.4 is 0 Å². The van der Waals surface area contributed by atoms with Crippen LogP contribution in [0.25, 0.3) is 0 Å². The first kappa shape index (κ1) is 13.0. The van der Waals surface area contributed by atoms with Crippen LogP contribution in [0.1, 0.15) is 28.9 Å². The van der Waals surface area contributed by atoms with Gasteiger partial charge in [-0.05, 0) is 24.6 Å². The van der Waals surface area contributed by atoms with Crippen LogP contribution in [0.5, 0.6) is 5.75 Å². The van der Waals surface area contributed by atoms with Crippen molar-refractivity contribution in [1.29, 1.82) is 0 Å². The van der Waals surface area contributed by atoms with Crippen molar-refractivity contribution in [2.45, 2.75) is 19.1 Å². The van der Waals surface area contributed by atoms with Gasteiger partial charge in [-0.1, -0.05) is 6.07 Å². The van der Waals surface area contributed by atoms with Crippen molar-refractivity contribution in [3.63, 3.8) is 0 Å². The molecule has 88 valence electrons. The van der Waals surface area contributed by atoms with Crippen molar-refractivity contribution in [3.05, 3.63) is 29.3 Å². The largest absolute Gasteiger partial charge is 0.507 e. The second-order valence-corrected chi connectivity index (χ2v) is 3.89. The van der Waals surface area contributed by atoms with E-state index in [2.05, 4.69) is 12.6 Å². The van der Waals surface area contributed by atoms with Crippen LogP contribution in [-0.4, -0.2) is 33.0 Å². The first-order valence-corrected chi connectivity index (χ1v) is 5.41. The van der Waals surface area contributed by atoms with Crippen molar-refractivity contribution < 1.29 is 20.1 Å². The van der Waals surface area contributed by atoms with Crippen LogP contribution >= 0.6 is 12.6 Å². The zero-order valence-electron chi connectivity index (χ0n) is 8.79. The van der Waals surface area contributed by atoms with Gasteiger partial charge < -0.3 is 15.3 Å². The van der Waals surface area contributed by atoms with Crippen molar-refractivity contribution in [2.75, 3.05) is 5.75 Å². The molecule has 1 rings (SSSR count). The van der Waals surface area contributed by atoms with Crippen molar-refractivity contribution >= 4 is 18.4 Å². The van der Waals surface area contributed by atoms with Gasteiger partial charge in [0.1, 0.15) is 11.9 Å². The van der Waals surface area contributed by atoms with Gasteiger partial charge in [0, 0.05) is 5.75 Å². The van der Waals surface area contributed by atoms with E-state index in [-0.39, 0.29) is 22.8 Å². The SMILES string of the molecule is CC(=O)c1cc(C(O)C(O)CS)ccc1O. The van der Waals surface area contributed by atoms with Crippen LogP contribution in [0.4, 0.5) is 0 Å². The number of aromatic hydroxyl groups is 1. The summed E-state index contributed by atoms with van der Waals surface area (Å²) in [7, 11) is 0. The third-order valence-corrected chi connectivity index (χ3v) is 2.67. The van der Waals surface area contributed by atoms with E-state index in [0.29, 0.717) is 5.56 Å². The normalized spacial score (nSPS) is 14.5. The fourth-order valence-corrected chi connectivity index (χ4v) is 1.54. The maximum absolute atomic E-state index is 11.2. The van der Waals surface area contributed by atoms with Gasteiger partial charge in [-0.15, -0.1) is 0 Å². The molecular formula is C11H14O4S. The standard InChI is InChI=1S/C11H14O4S/c1-6(12)8-4-7(2-3-9(8)13)11(15)10(14)5-16/h2-4,10-11,13-16H,5H2,1H3. The smallest absolute Gasteiger partial charge is 0.163 e. The maximum Gasteiger partial charge on any atom is 0.163 e. The molecule has 1 aromatic rings. The highest BCUT2D eigenvalue weighted by atomic mass is 32.1. The molecule has 0 spiro atoms. The Labute approximate surface area is 99.0 Å². The molecule has 0 saturated heterocycles. The number of aliphatic hydroxyl groups is 2. The molecule has 0 amide bonds. The van der Waals surface area contributed by atoms with Crippen molar-refractivity contribution in [2.24, 2.45) is 0 Å². The molecule has 5 heteroatoms. The second-order valence-electron chi connectivity index (χ2n) is 3.53. The Morgan fingerprint density at radius 3 is 2.56 bits per heavy atom. The molecule has 0 radical (unpaired) electrons. The number of carbonyl (C=O) groups is 1. The van der Waals surface area contributed by atoms with E-state index >= 15 is 0 Å². The van der Waals surface area contributed by atoms with Gasteiger partial charge in [-0.25, -0.2) is 0 Å². The lowest BCUT2D eigenvalue weighted by molar-refractivity contribution is 0.0337. The summed E-state index contributed by atoms with van der Waals surface area (Å²) in [4.78, 5) is 11.2. The minimum atomic E-state index is -1.11. The Kier molecular flexibility index (Phi) is 4.35. The van der Waals surface area contributed by atoms with Gasteiger partial charge in [0.2, 0.25) is 0 Å². The Hall–Kier alpha value is -1.04. The Morgan fingerprint density at radius 2 is 2.06 bits per heavy atom. The highest BCUT2D eigenvalue weighted by Gasteiger charge is 2.18. The number of hydrogen-bond donors (Lipinski definition) is 4. The van der Waals surface area contributed by atoms with E-state index in [9.17, 15) is 20.1 Å². The molecule has 0 bridgehead atoms. The molecular weight excluding hydrogens is 228 g/mol. The third kappa shape index (κ3) is 2.75. The zero-order valence-corrected chi connectivity index (χ0v) is 9.69. The summed E-state index contributed by atoms with van der Waals surface area (Å²) in [6, 6.07) is 4.15. The van der Waals surface area contributed by atoms with Crippen molar-refractivity contribution in [3.8, 4) is 5.75 Å². The summed E-state index contributed by atoms with van der Waals surface area (Å²) in [6.45, 7) is 1.32. The fourth-order valence-electron chi connectivity index (χ4n) is 1.34. The summed E-state index contributed by atoms with van der Waals surface area (Å²) in [6.07, 6.45) is -2.12. The van der Waals surface area contributed by atoms with Crippen LogP contribution in [-0.2, 0) is 0 Å². The van der Waals surface area contributed by atoms with Gasteiger partial charge in [0.25, 0.3) is 0 Å². The van der Waals surface area contributed by atoms with E-state index in [4.69, 9.17) is 0 Å². The first-order valence-electron chi connectivity index (χ1n) is 4.78. The van der Waals surface area contributed by atoms with Crippen LogP contribution in [0, 0.1) is 0 Å². The summed E-state index contributed by atoms with van der Waals surface area (Å²) in [5, 5.41) is 28.5. The number of carbonyl (C=O) groups excluding carboxylic acids is 1. The number of ketones is 1. The van der Waals surface area contributed by atoms with E-state index in [1.165, 1.54) is 25.1 Å². The highest BCUT2D eigenvalue weighted by molar-refractivity contribution is 7.80. The average molecular weight is 242 g/mol. The average Bonchev–Trinajstić information content (AvgIpc) is 2.27. The molecule has 0 aliphatic rings. The molecule has 0 aliphatic carbocycles. The first-order chi connectivity index (χ1) is 7.47. The number of Topliss-reactive ketones (excluding diaryl/α,β-unsaturated/α-hetero) is 1. The van der Waals surface area contributed by atoms with Gasteiger partial charge in [-0.3, -0.25) is 4.79 Å². The molecule has 2 atom stereocenters. The lowest BCUT2D eigenvalue weighted by Gasteiger charge is -2.16. The van der Waals surface area contributed by atoms with E-state index in [1.807, 2.05) is 0 Å². The molecule has 0 aliphatic heterocycles. The lowest BCUT2D eigenvalue weighted by atomic mass is 10.0. The maximum atomic E-state index is 11.2. The monoisotopic (exact) mass is 242 g/mol. The Balaban J connectivity index is 3.07. The minimum Gasteiger partial charge on any atom is -0.507 e.